The van der Waals surface area contributed by atoms with Crippen LogP contribution in [0.4, 0.5) is 11.1 Å². The van der Waals surface area contributed by atoms with Crippen molar-refractivity contribution in [2.75, 3.05) is 12.4 Å². The maximum atomic E-state index is 5.24. The first-order chi connectivity index (χ1) is 14.2. The fraction of sp³-hybridized carbons (Fsp3) is 0.143. The molecule has 0 aliphatic rings. The minimum atomic E-state index is 0.537. The number of rotatable bonds is 5. The topological polar surface area (TPSA) is 77.8 Å². The van der Waals surface area contributed by atoms with Gasteiger partial charge in [-0.2, -0.15) is 5.10 Å². The molecule has 0 amide bonds. The highest BCUT2D eigenvalue weighted by molar-refractivity contribution is 7.22. The number of anilines is 2. The van der Waals surface area contributed by atoms with Crippen molar-refractivity contribution in [3.05, 3.63) is 66.1 Å². The van der Waals surface area contributed by atoms with E-state index in [1.165, 1.54) is 5.56 Å². The average Bonchev–Trinajstić information content (AvgIpc) is 3.33. The third-order valence-electron chi connectivity index (χ3n) is 4.74. The summed E-state index contributed by atoms with van der Waals surface area (Å²) in [5, 5.41) is 9.64. The van der Waals surface area contributed by atoms with E-state index in [0.29, 0.717) is 12.5 Å². The normalized spacial score (nSPS) is 11.2. The SMILES string of the molecule is COc1ccc(Cn2ncc3c4nc(Nc5ncccn5)sc4cc(C)c32)cc1. The van der Waals surface area contributed by atoms with Gasteiger partial charge >= 0.3 is 0 Å². The second-order valence-corrected chi connectivity index (χ2v) is 7.70. The molecule has 5 rings (SSSR count). The van der Waals surface area contributed by atoms with Crippen molar-refractivity contribution < 1.29 is 4.74 Å². The number of methoxy groups -OCH3 is 1. The van der Waals surface area contributed by atoms with E-state index in [2.05, 4.69) is 45.5 Å². The Balaban J connectivity index is 1.53. The van der Waals surface area contributed by atoms with Crippen LogP contribution in [0.2, 0.25) is 0 Å². The molecule has 0 aliphatic carbocycles. The summed E-state index contributed by atoms with van der Waals surface area (Å²) in [6.07, 6.45) is 5.30. The average molecular weight is 402 g/mol. The number of fused-ring (bicyclic) bond motifs is 3. The Kier molecular flexibility index (Phi) is 4.33. The molecule has 0 saturated carbocycles. The van der Waals surface area contributed by atoms with Gasteiger partial charge in [0.2, 0.25) is 5.95 Å². The van der Waals surface area contributed by atoms with Crippen LogP contribution < -0.4 is 10.1 Å². The summed E-state index contributed by atoms with van der Waals surface area (Å²) in [4.78, 5) is 13.2. The molecule has 29 heavy (non-hydrogen) atoms. The lowest BCUT2D eigenvalue weighted by Gasteiger charge is -2.07. The Hall–Kier alpha value is -3.52. The number of ether oxygens (including phenoxy) is 1. The van der Waals surface area contributed by atoms with Gasteiger partial charge in [-0.3, -0.25) is 4.68 Å². The standard InChI is InChI=1S/C21H18N6OS/c1-13-10-17-18(25-21(29-17)26-20-22-8-3-9-23-20)16-11-24-27(19(13)16)12-14-4-6-15(28-2)7-5-14/h3-11H,12H2,1-2H3,(H,22,23,25,26). The first kappa shape index (κ1) is 17.6. The van der Waals surface area contributed by atoms with Gasteiger partial charge < -0.3 is 10.1 Å². The number of aryl methyl sites for hydroxylation is 1. The third kappa shape index (κ3) is 3.27. The van der Waals surface area contributed by atoms with Gasteiger partial charge in [-0.1, -0.05) is 23.5 Å². The van der Waals surface area contributed by atoms with Crippen LogP contribution in [0.25, 0.3) is 21.1 Å². The lowest BCUT2D eigenvalue weighted by Crippen LogP contribution is -2.02. The van der Waals surface area contributed by atoms with Crippen LogP contribution in [0, 0.1) is 6.92 Å². The van der Waals surface area contributed by atoms with E-state index in [-0.39, 0.29) is 0 Å². The van der Waals surface area contributed by atoms with Gasteiger partial charge in [0, 0.05) is 17.8 Å². The highest BCUT2D eigenvalue weighted by atomic mass is 32.1. The lowest BCUT2D eigenvalue weighted by molar-refractivity contribution is 0.414. The number of nitrogens with one attached hydrogen (secondary N) is 1. The highest BCUT2D eigenvalue weighted by Crippen LogP contribution is 2.34. The molecule has 3 heterocycles. The molecule has 8 heteroatoms. The number of hydrogen-bond acceptors (Lipinski definition) is 7. The van der Waals surface area contributed by atoms with Crippen LogP contribution in [0.15, 0.2) is 55.0 Å². The zero-order chi connectivity index (χ0) is 19.8. The number of thiazole rings is 1. The summed E-state index contributed by atoms with van der Waals surface area (Å²) in [5.41, 5.74) is 4.37. The van der Waals surface area contributed by atoms with Crippen molar-refractivity contribution >= 4 is 43.5 Å². The molecule has 0 bridgehead atoms. The van der Waals surface area contributed by atoms with Gasteiger partial charge in [0.15, 0.2) is 5.13 Å². The molecule has 3 aromatic heterocycles. The molecule has 0 fully saturated rings. The van der Waals surface area contributed by atoms with Crippen LogP contribution >= 0.6 is 11.3 Å². The molecule has 2 aromatic carbocycles. The minimum Gasteiger partial charge on any atom is -0.497 e. The molecular formula is C21H18N6OS. The molecule has 0 radical (unpaired) electrons. The molecule has 1 N–H and O–H groups in total. The number of aromatic nitrogens is 5. The van der Waals surface area contributed by atoms with E-state index in [4.69, 9.17) is 9.72 Å². The zero-order valence-electron chi connectivity index (χ0n) is 16.0. The van der Waals surface area contributed by atoms with Crippen molar-refractivity contribution in [3.63, 3.8) is 0 Å². The van der Waals surface area contributed by atoms with Crippen molar-refractivity contribution in [3.8, 4) is 5.75 Å². The second-order valence-electron chi connectivity index (χ2n) is 6.67. The number of hydrogen-bond donors (Lipinski definition) is 1. The van der Waals surface area contributed by atoms with E-state index >= 15 is 0 Å². The van der Waals surface area contributed by atoms with Gasteiger partial charge in [0.05, 0.1) is 35.6 Å². The van der Waals surface area contributed by atoms with Crippen LogP contribution in [0.1, 0.15) is 11.1 Å². The zero-order valence-corrected chi connectivity index (χ0v) is 16.8. The van der Waals surface area contributed by atoms with Crippen LogP contribution in [-0.2, 0) is 6.54 Å². The molecule has 0 saturated heterocycles. The molecule has 0 aliphatic heterocycles. The van der Waals surface area contributed by atoms with Gasteiger partial charge in [0.1, 0.15) is 5.75 Å². The Bertz CT molecular complexity index is 1290. The third-order valence-corrected chi connectivity index (χ3v) is 5.66. The first-order valence-corrected chi connectivity index (χ1v) is 9.95. The van der Waals surface area contributed by atoms with Crippen LogP contribution in [0.5, 0.6) is 5.75 Å². The Morgan fingerprint density at radius 3 is 2.69 bits per heavy atom. The summed E-state index contributed by atoms with van der Waals surface area (Å²) in [7, 11) is 1.67. The smallest absolute Gasteiger partial charge is 0.228 e. The summed E-state index contributed by atoms with van der Waals surface area (Å²) in [6, 6.07) is 12.0. The fourth-order valence-corrected chi connectivity index (χ4v) is 4.37. The molecular weight excluding hydrogens is 384 g/mol. The predicted octanol–water partition coefficient (Wildman–Crippen LogP) is 4.54. The van der Waals surface area contributed by atoms with Crippen molar-refractivity contribution in [2.45, 2.75) is 13.5 Å². The van der Waals surface area contributed by atoms with Crippen LogP contribution in [-0.4, -0.2) is 31.8 Å². The predicted molar refractivity (Wildman–Crippen MR) is 115 cm³/mol. The van der Waals surface area contributed by atoms with E-state index in [0.717, 1.165) is 37.6 Å². The molecule has 144 valence electrons. The minimum absolute atomic E-state index is 0.537. The van der Waals surface area contributed by atoms with Gasteiger partial charge in [-0.15, -0.1) is 0 Å². The van der Waals surface area contributed by atoms with E-state index in [1.54, 1.807) is 36.9 Å². The lowest BCUT2D eigenvalue weighted by atomic mass is 10.1. The van der Waals surface area contributed by atoms with Gasteiger partial charge in [0.25, 0.3) is 0 Å². The van der Waals surface area contributed by atoms with Crippen LogP contribution in [0.3, 0.4) is 0 Å². The summed E-state index contributed by atoms with van der Waals surface area (Å²) in [6.45, 7) is 2.80. The highest BCUT2D eigenvalue weighted by Gasteiger charge is 2.15. The maximum absolute atomic E-state index is 5.24. The maximum Gasteiger partial charge on any atom is 0.228 e. The van der Waals surface area contributed by atoms with Crippen molar-refractivity contribution in [1.82, 2.24) is 24.7 Å². The fourth-order valence-electron chi connectivity index (χ4n) is 3.40. The van der Waals surface area contributed by atoms with Crippen molar-refractivity contribution in [2.24, 2.45) is 0 Å². The molecule has 5 aromatic rings. The second kappa shape index (κ2) is 7.14. The number of nitrogens with zero attached hydrogens (tertiary/aromatic N) is 5. The quantitative estimate of drug-likeness (QED) is 0.465. The Morgan fingerprint density at radius 2 is 1.93 bits per heavy atom. The van der Waals surface area contributed by atoms with Crippen molar-refractivity contribution in [1.29, 1.82) is 0 Å². The van der Waals surface area contributed by atoms with E-state index < -0.39 is 0 Å². The Labute approximate surface area is 171 Å². The van der Waals surface area contributed by atoms with Gasteiger partial charge in [-0.25, -0.2) is 15.0 Å². The van der Waals surface area contributed by atoms with E-state index in [9.17, 15) is 0 Å². The molecule has 0 atom stereocenters. The summed E-state index contributed by atoms with van der Waals surface area (Å²) >= 11 is 1.59. The molecule has 0 spiro atoms. The Morgan fingerprint density at radius 1 is 1.14 bits per heavy atom. The van der Waals surface area contributed by atoms with Gasteiger partial charge in [-0.05, 0) is 42.3 Å². The first-order valence-electron chi connectivity index (χ1n) is 9.14. The summed E-state index contributed by atoms with van der Waals surface area (Å²) in [5.74, 6) is 1.39. The van der Waals surface area contributed by atoms with E-state index in [1.807, 2.05) is 23.0 Å². The largest absolute Gasteiger partial charge is 0.497 e. The number of benzene rings is 2. The molecule has 7 nitrogen and oxygen atoms in total. The monoisotopic (exact) mass is 402 g/mol. The molecule has 0 unspecified atom stereocenters. The summed E-state index contributed by atoms with van der Waals surface area (Å²) < 4.78 is 8.38.